The maximum atomic E-state index is 12.3. The molecule has 2 fully saturated rings. The summed E-state index contributed by atoms with van der Waals surface area (Å²) in [5, 5.41) is 8.84. The van der Waals surface area contributed by atoms with Crippen molar-refractivity contribution < 1.29 is 49.1 Å². The average molecular weight is 708 g/mol. The molecule has 0 radical (unpaired) electrons. The first kappa shape index (κ1) is 39.4. The molecule has 0 bridgehead atoms. The first-order valence-corrected chi connectivity index (χ1v) is 14.3. The Labute approximate surface area is 281 Å². The number of Topliss-reactive ketones (excluding diaryl/α,β-unsaturated/α-hetero) is 2. The maximum absolute atomic E-state index is 12.3. The van der Waals surface area contributed by atoms with Crippen LogP contribution in [0.3, 0.4) is 0 Å². The van der Waals surface area contributed by atoms with E-state index in [9.17, 15) is 19.2 Å². The topological polar surface area (TPSA) is 125 Å². The van der Waals surface area contributed by atoms with Crippen molar-refractivity contribution in [2.75, 3.05) is 27.3 Å². The van der Waals surface area contributed by atoms with Gasteiger partial charge in [0.25, 0.3) is 0 Å². The zero-order valence-corrected chi connectivity index (χ0v) is 28.6. The van der Waals surface area contributed by atoms with Gasteiger partial charge in [0.05, 0.1) is 12.1 Å². The van der Waals surface area contributed by atoms with Gasteiger partial charge in [-0.05, 0) is 12.8 Å². The van der Waals surface area contributed by atoms with E-state index in [2.05, 4.69) is 28.1 Å². The van der Waals surface area contributed by atoms with Crippen LogP contribution in [0, 0.1) is 47.3 Å². The van der Waals surface area contributed by atoms with Gasteiger partial charge in [-0.2, -0.15) is 37.4 Å². The van der Waals surface area contributed by atoms with Gasteiger partial charge >= 0.3 is 0 Å². The monoisotopic (exact) mass is 707 g/mol. The molecule has 2 N–H and O–H groups in total. The van der Waals surface area contributed by atoms with E-state index in [4.69, 9.17) is 9.47 Å². The Morgan fingerprint density at radius 1 is 0.756 bits per heavy atom. The molecular formula is C35H43N3O6Pd-4. The van der Waals surface area contributed by atoms with Crippen molar-refractivity contribution in [3.8, 4) is 11.5 Å². The Hall–Kier alpha value is -3.58. The predicted octanol–water partition coefficient (Wildman–Crippen LogP) is 4.56. The van der Waals surface area contributed by atoms with Crippen LogP contribution in [-0.4, -0.2) is 62.8 Å². The van der Waals surface area contributed by atoms with E-state index in [-0.39, 0.29) is 64.4 Å². The molecule has 0 saturated carbocycles. The van der Waals surface area contributed by atoms with Crippen molar-refractivity contribution in [1.29, 1.82) is 0 Å². The molecular weight excluding hydrogens is 665 g/mol. The number of amides is 2. The number of carbonyl (C=O) groups is 4. The SMILES string of the molecule is C[N-]C.Cc1cc(OCC(=O)C2CCC(=O)N2)cc(C)c1[C-]=CC=[C-]c1c(C)cc(OCC(=O)C2CCC(=O)N2)cc1C.[CH3-].[Pd]. The molecule has 2 amide bonds. The third-order valence-electron chi connectivity index (χ3n) is 7.08. The zero-order chi connectivity index (χ0) is 31.5. The molecule has 2 aromatic rings. The summed E-state index contributed by atoms with van der Waals surface area (Å²) in [5.41, 5.74) is 5.70. The van der Waals surface area contributed by atoms with E-state index in [1.54, 1.807) is 26.2 Å². The van der Waals surface area contributed by atoms with E-state index in [0.29, 0.717) is 37.2 Å². The van der Waals surface area contributed by atoms with Crippen molar-refractivity contribution in [3.63, 3.8) is 0 Å². The van der Waals surface area contributed by atoms with E-state index in [1.807, 2.05) is 52.0 Å². The smallest absolute Gasteiger partial charge is 0.220 e. The summed E-state index contributed by atoms with van der Waals surface area (Å²) >= 11 is 0. The molecule has 0 aromatic heterocycles. The van der Waals surface area contributed by atoms with Crippen LogP contribution < -0.4 is 20.1 Å². The van der Waals surface area contributed by atoms with E-state index < -0.39 is 12.1 Å². The molecule has 2 aliphatic rings. The van der Waals surface area contributed by atoms with Crippen LogP contribution in [0.5, 0.6) is 11.5 Å². The number of nitrogens with one attached hydrogen (secondary N) is 2. The second-order valence-corrected chi connectivity index (χ2v) is 10.8. The van der Waals surface area contributed by atoms with Crippen molar-refractivity contribution >= 4 is 23.4 Å². The molecule has 2 heterocycles. The van der Waals surface area contributed by atoms with Gasteiger partial charge in [-0.1, -0.05) is 52.0 Å². The summed E-state index contributed by atoms with van der Waals surface area (Å²) in [5.74, 6) is 0.748. The minimum Gasteiger partial charge on any atom is -0.668 e. The predicted molar refractivity (Wildman–Crippen MR) is 171 cm³/mol. The Kier molecular flexibility index (Phi) is 16.7. The number of nitrogens with zero attached hydrogens (tertiary/aromatic N) is 1. The minimum atomic E-state index is -0.458. The van der Waals surface area contributed by atoms with Crippen LogP contribution in [0.1, 0.15) is 59.1 Å². The normalized spacial score (nSPS) is 17.1. The van der Waals surface area contributed by atoms with Crippen LogP contribution in [0.2, 0.25) is 0 Å². The van der Waals surface area contributed by atoms with E-state index >= 15 is 0 Å². The average Bonchev–Trinajstić information content (AvgIpc) is 3.59. The van der Waals surface area contributed by atoms with Crippen LogP contribution in [0.15, 0.2) is 36.4 Å². The Bertz CT molecular complexity index is 1270. The fourth-order valence-corrected chi connectivity index (χ4v) is 4.94. The molecule has 2 aliphatic heterocycles. The van der Waals surface area contributed by atoms with E-state index in [0.717, 1.165) is 33.4 Å². The quantitative estimate of drug-likeness (QED) is 0.201. The molecule has 9 nitrogen and oxygen atoms in total. The van der Waals surface area contributed by atoms with Gasteiger partial charge in [0.15, 0.2) is 11.6 Å². The number of hydrogen-bond donors (Lipinski definition) is 2. The van der Waals surface area contributed by atoms with Crippen molar-refractivity contribution in [2.24, 2.45) is 0 Å². The second-order valence-electron chi connectivity index (χ2n) is 10.8. The number of hydrogen-bond acceptors (Lipinski definition) is 6. The number of benzene rings is 2. The van der Waals surface area contributed by atoms with Crippen molar-refractivity contribution in [1.82, 2.24) is 10.6 Å². The van der Waals surface area contributed by atoms with Gasteiger partial charge in [-0.15, -0.1) is 22.3 Å². The van der Waals surface area contributed by atoms with E-state index in [1.165, 1.54) is 0 Å². The third-order valence-corrected chi connectivity index (χ3v) is 7.08. The molecule has 10 heteroatoms. The van der Waals surface area contributed by atoms with Crippen LogP contribution in [0.25, 0.3) is 5.32 Å². The Balaban J connectivity index is 0.00000195. The second kappa shape index (κ2) is 19.1. The zero-order valence-electron chi connectivity index (χ0n) is 27.1. The first-order chi connectivity index (χ1) is 20.5. The first-order valence-electron chi connectivity index (χ1n) is 14.3. The fraction of sp³-hybridized carbons (Fsp3) is 0.400. The maximum Gasteiger partial charge on any atom is 0.220 e. The van der Waals surface area contributed by atoms with Gasteiger partial charge in [-0.3, -0.25) is 19.2 Å². The molecule has 4 rings (SSSR count). The summed E-state index contributed by atoms with van der Waals surface area (Å²) in [6, 6.07) is 6.57. The largest absolute Gasteiger partial charge is 0.668 e. The Morgan fingerprint density at radius 2 is 1.07 bits per heavy atom. The molecule has 0 spiro atoms. The molecule has 2 atom stereocenters. The number of rotatable bonds is 11. The van der Waals surface area contributed by atoms with Gasteiger partial charge < -0.3 is 32.9 Å². The number of carbonyl (C=O) groups excluding carboxylic acids is 4. The molecule has 2 aromatic carbocycles. The van der Waals surface area contributed by atoms with Gasteiger partial charge in [0.1, 0.15) is 24.7 Å². The van der Waals surface area contributed by atoms with Gasteiger partial charge in [0.2, 0.25) is 11.8 Å². The standard InChI is InChI=1S/C32H34N2O6.C2H6N.CH3.Pd/c1-19-13-23(39-17-29(35)27-9-11-31(37)33-27)14-20(2)25(19)7-5-6-8-26-21(3)15-24(16-22(26)4)40-18-30(36)28-10-12-32(38)34-28;1-3-2;;/h5-6,13-16,27-28H,9-12,17-18H2,1-4H3,(H,33,37)(H,34,38);1-2H3;1H3;/q-2;2*-1;. The molecule has 45 heavy (non-hydrogen) atoms. The number of ether oxygens (including phenoxy) is 2. The van der Waals surface area contributed by atoms with Gasteiger partial charge in [-0.25, -0.2) is 12.2 Å². The van der Waals surface area contributed by atoms with Crippen LogP contribution >= 0.6 is 0 Å². The molecule has 2 saturated heterocycles. The summed E-state index contributed by atoms with van der Waals surface area (Å²) in [6.45, 7) is 7.67. The fourth-order valence-electron chi connectivity index (χ4n) is 4.94. The van der Waals surface area contributed by atoms with Crippen LogP contribution in [-0.2, 0) is 39.6 Å². The molecule has 0 aliphatic carbocycles. The number of ketones is 2. The third kappa shape index (κ3) is 11.7. The number of allylic oxidation sites excluding steroid dienone is 2. The molecule has 2 unspecified atom stereocenters. The van der Waals surface area contributed by atoms with Crippen LogP contribution in [0.4, 0.5) is 0 Å². The summed E-state index contributed by atoms with van der Waals surface area (Å²) in [6.07, 6.45) is 12.0. The summed E-state index contributed by atoms with van der Waals surface area (Å²) < 4.78 is 11.4. The number of aryl methyl sites for hydroxylation is 4. The van der Waals surface area contributed by atoms with Crippen molar-refractivity contribution in [3.05, 3.63) is 94.7 Å². The van der Waals surface area contributed by atoms with Gasteiger partial charge in [0, 0.05) is 33.3 Å². The summed E-state index contributed by atoms with van der Waals surface area (Å²) in [7, 11) is 3.50. The molecule has 248 valence electrons. The summed E-state index contributed by atoms with van der Waals surface area (Å²) in [4.78, 5) is 47.2. The Morgan fingerprint density at radius 3 is 1.33 bits per heavy atom. The van der Waals surface area contributed by atoms with Crippen molar-refractivity contribution in [2.45, 2.75) is 65.5 Å². The minimum absolute atomic E-state index is 0.